The second-order valence-corrected chi connectivity index (χ2v) is 8.24. The lowest BCUT2D eigenvalue weighted by Gasteiger charge is -2.16. The maximum atomic E-state index is 6.59. The zero-order chi connectivity index (χ0) is 21.0. The van der Waals surface area contributed by atoms with Crippen LogP contribution < -0.4 is 20.5 Å². The lowest BCUT2D eigenvalue weighted by molar-refractivity contribution is 0.395. The predicted octanol–water partition coefficient (Wildman–Crippen LogP) is 5.37. The minimum absolute atomic E-state index is 0.362. The van der Waals surface area contributed by atoms with Crippen molar-refractivity contribution in [3.8, 4) is 22.8 Å². The van der Waals surface area contributed by atoms with E-state index in [1.807, 2.05) is 17.8 Å². The van der Waals surface area contributed by atoms with E-state index in [0.29, 0.717) is 44.4 Å². The number of halogens is 2. The van der Waals surface area contributed by atoms with Crippen molar-refractivity contribution in [2.24, 2.45) is 0 Å². The molecule has 154 valence electrons. The Morgan fingerprint density at radius 2 is 1.79 bits per heavy atom. The number of nitrogens with zero attached hydrogens (tertiary/aromatic N) is 2. The Morgan fingerprint density at radius 3 is 2.41 bits per heavy atom. The molecule has 0 aliphatic carbocycles. The van der Waals surface area contributed by atoms with E-state index in [1.165, 1.54) is 14.2 Å². The normalized spacial score (nSPS) is 10.9. The molecule has 0 radical (unpaired) electrons. The van der Waals surface area contributed by atoms with Crippen LogP contribution in [0.5, 0.6) is 11.5 Å². The number of pyridine rings is 2. The largest absolute Gasteiger partial charge is 0.495 e. The Balaban J connectivity index is 2.19. The van der Waals surface area contributed by atoms with Crippen molar-refractivity contribution in [3.05, 3.63) is 34.4 Å². The van der Waals surface area contributed by atoms with Crippen molar-refractivity contribution in [1.29, 1.82) is 0 Å². The third-order valence-electron chi connectivity index (χ3n) is 4.31. The summed E-state index contributed by atoms with van der Waals surface area (Å²) in [6.45, 7) is 2.89. The summed E-state index contributed by atoms with van der Waals surface area (Å²) in [6.07, 6.45) is 1.71. The average Bonchev–Trinajstić information content (AvgIpc) is 2.72. The van der Waals surface area contributed by atoms with Crippen molar-refractivity contribution < 1.29 is 9.47 Å². The van der Waals surface area contributed by atoms with Crippen molar-refractivity contribution >= 4 is 57.4 Å². The molecule has 0 bridgehead atoms. The Kier molecular flexibility index (Phi) is 7.16. The summed E-state index contributed by atoms with van der Waals surface area (Å²) in [5.74, 6) is 4.04. The third-order valence-corrected chi connectivity index (χ3v) is 5.96. The summed E-state index contributed by atoms with van der Waals surface area (Å²) in [5, 5.41) is 5.86. The van der Waals surface area contributed by atoms with Gasteiger partial charge in [0.15, 0.2) is 0 Å². The molecule has 3 rings (SSSR count). The first-order valence-electron chi connectivity index (χ1n) is 8.98. The van der Waals surface area contributed by atoms with Gasteiger partial charge in [0.1, 0.15) is 23.1 Å². The summed E-state index contributed by atoms with van der Waals surface area (Å²) >= 11 is 15.0. The molecule has 1 aromatic carbocycles. The van der Waals surface area contributed by atoms with E-state index in [9.17, 15) is 0 Å². The number of ether oxygens (including phenoxy) is 2. The van der Waals surface area contributed by atoms with Crippen molar-refractivity contribution in [3.63, 3.8) is 0 Å². The number of hydrogen-bond acceptors (Lipinski definition) is 7. The molecule has 0 atom stereocenters. The fraction of sp³-hybridized carbons (Fsp3) is 0.300. The van der Waals surface area contributed by atoms with Gasteiger partial charge in [0.2, 0.25) is 0 Å². The van der Waals surface area contributed by atoms with Gasteiger partial charge in [0.05, 0.1) is 30.0 Å². The minimum atomic E-state index is 0.362. The van der Waals surface area contributed by atoms with E-state index in [4.69, 9.17) is 43.4 Å². The maximum Gasteiger partial charge on any atom is 0.141 e. The van der Waals surface area contributed by atoms with Crippen LogP contribution in [-0.4, -0.2) is 42.2 Å². The zero-order valence-electron chi connectivity index (χ0n) is 16.4. The molecule has 0 saturated carbocycles. The quantitative estimate of drug-likeness (QED) is 0.444. The number of nitrogens with one attached hydrogen (secondary N) is 1. The summed E-state index contributed by atoms with van der Waals surface area (Å²) in [4.78, 5) is 9.01. The molecule has 0 aliphatic heterocycles. The van der Waals surface area contributed by atoms with Gasteiger partial charge < -0.3 is 20.5 Å². The van der Waals surface area contributed by atoms with Crippen LogP contribution in [0.1, 0.15) is 6.92 Å². The lowest BCUT2D eigenvalue weighted by atomic mass is 10.1. The first-order chi connectivity index (χ1) is 14.0. The predicted molar refractivity (Wildman–Crippen MR) is 124 cm³/mol. The van der Waals surface area contributed by atoms with Gasteiger partial charge in [-0.25, -0.2) is 9.97 Å². The van der Waals surface area contributed by atoms with Crippen molar-refractivity contribution in [2.45, 2.75) is 6.92 Å². The fourth-order valence-electron chi connectivity index (χ4n) is 2.92. The Morgan fingerprint density at radius 1 is 1.10 bits per heavy atom. The van der Waals surface area contributed by atoms with Crippen LogP contribution in [-0.2, 0) is 0 Å². The molecule has 0 unspecified atom stereocenters. The van der Waals surface area contributed by atoms with Gasteiger partial charge in [-0.15, -0.1) is 0 Å². The highest BCUT2D eigenvalue weighted by Crippen LogP contribution is 2.46. The molecule has 0 saturated heterocycles. The van der Waals surface area contributed by atoms with Gasteiger partial charge in [-0.2, -0.15) is 11.8 Å². The van der Waals surface area contributed by atoms with E-state index in [2.05, 4.69) is 17.2 Å². The van der Waals surface area contributed by atoms with Crippen LogP contribution in [0.4, 0.5) is 11.6 Å². The monoisotopic (exact) mass is 452 g/mol. The highest BCUT2D eigenvalue weighted by molar-refractivity contribution is 7.99. The summed E-state index contributed by atoms with van der Waals surface area (Å²) in [5.41, 5.74) is 7.02. The Bertz CT molecular complexity index is 1010. The number of aromatic nitrogens is 2. The van der Waals surface area contributed by atoms with Gasteiger partial charge in [-0.05, 0) is 17.9 Å². The zero-order valence-corrected chi connectivity index (χ0v) is 18.7. The molecule has 6 nitrogen and oxygen atoms in total. The number of nitrogen functional groups attached to an aromatic ring is 1. The molecular weight excluding hydrogens is 431 g/mol. The fourth-order valence-corrected chi connectivity index (χ4v) is 4.15. The van der Waals surface area contributed by atoms with E-state index < -0.39 is 0 Å². The van der Waals surface area contributed by atoms with Gasteiger partial charge in [0.25, 0.3) is 0 Å². The van der Waals surface area contributed by atoms with Crippen LogP contribution in [0.2, 0.25) is 10.0 Å². The van der Waals surface area contributed by atoms with Gasteiger partial charge in [0, 0.05) is 40.9 Å². The van der Waals surface area contributed by atoms with Gasteiger partial charge >= 0.3 is 0 Å². The first kappa shape index (κ1) is 21.6. The Labute approximate surface area is 184 Å². The first-order valence-corrected chi connectivity index (χ1v) is 10.9. The van der Waals surface area contributed by atoms with Gasteiger partial charge in [-0.3, -0.25) is 0 Å². The molecule has 0 amide bonds. The number of benzene rings is 1. The summed E-state index contributed by atoms with van der Waals surface area (Å²) in [6, 6.07) is 5.33. The van der Waals surface area contributed by atoms with Crippen LogP contribution in [0.25, 0.3) is 22.0 Å². The van der Waals surface area contributed by atoms with E-state index in [0.717, 1.165) is 28.8 Å². The molecule has 0 fully saturated rings. The number of anilines is 2. The van der Waals surface area contributed by atoms with Gasteiger partial charge in [-0.1, -0.05) is 30.1 Å². The number of fused-ring (bicyclic) bond motifs is 1. The molecular formula is C20H22Cl2N4O2S. The van der Waals surface area contributed by atoms with E-state index in [-0.39, 0.29) is 0 Å². The number of rotatable bonds is 8. The minimum Gasteiger partial charge on any atom is -0.495 e. The second kappa shape index (κ2) is 9.61. The molecule has 3 N–H and O–H groups in total. The van der Waals surface area contributed by atoms with Crippen molar-refractivity contribution in [2.75, 3.05) is 43.3 Å². The summed E-state index contributed by atoms with van der Waals surface area (Å²) < 4.78 is 10.8. The molecule has 0 aliphatic rings. The molecule has 29 heavy (non-hydrogen) atoms. The number of thioether (sulfide) groups is 1. The Hall–Kier alpha value is -2.09. The number of hydrogen-bond donors (Lipinski definition) is 2. The molecule has 2 aromatic heterocycles. The van der Waals surface area contributed by atoms with Crippen molar-refractivity contribution in [1.82, 2.24) is 9.97 Å². The van der Waals surface area contributed by atoms with Crippen LogP contribution in [0.3, 0.4) is 0 Å². The average molecular weight is 453 g/mol. The van der Waals surface area contributed by atoms with E-state index in [1.54, 1.807) is 18.3 Å². The highest BCUT2D eigenvalue weighted by Gasteiger charge is 2.21. The maximum absolute atomic E-state index is 6.59. The van der Waals surface area contributed by atoms with Crippen LogP contribution >= 0.6 is 35.0 Å². The molecule has 2 heterocycles. The highest BCUT2D eigenvalue weighted by atomic mass is 35.5. The molecule has 9 heteroatoms. The van der Waals surface area contributed by atoms with Crippen LogP contribution in [0.15, 0.2) is 24.4 Å². The third kappa shape index (κ3) is 4.57. The second-order valence-electron chi connectivity index (χ2n) is 6.09. The SMILES string of the molecule is CCSCCNc1nc(-c2c(Cl)c(OC)cc(OC)c2Cl)cc2cnc(N)cc12. The number of methoxy groups -OCH3 is 2. The topological polar surface area (TPSA) is 82.3 Å². The number of nitrogens with two attached hydrogens (primary N) is 1. The molecule has 0 spiro atoms. The molecule has 3 aromatic rings. The summed E-state index contributed by atoms with van der Waals surface area (Å²) in [7, 11) is 3.08. The van der Waals surface area contributed by atoms with E-state index >= 15 is 0 Å². The smallest absolute Gasteiger partial charge is 0.141 e. The van der Waals surface area contributed by atoms with Crippen LogP contribution in [0, 0.1) is 0 Å². The lowest BCUT2D eigenvalue weighted by Crippen LogP contribution is -2.07. The standard InChI is InChI=1S/C20H22Cl2N4O2S/c1-4-29-6-5-24-20-12-8-16(23)25-10-11(12)7-13(26-20)17-18(21)14(27-2)9-15(28-3)19(17)22/h7-10H,4-6H2,1-3H3,(H2,23,25)(H,24,26).